The van der Waals surface area contributed by atoms with Crippen molar-refractivity contribution < 1.29 is 8.81 Å². The number of rotatable bonds is 1. The highest BCUT2D eigenvalue weighted by atomic mass is 35.5. The van der Waals surface area contributed by atoms with Crippen LogP contribution in [0.4, 0.5) is 4.39 Å². The molecule has 2 aromatic rings. The number of oxazole rings is 1. The highest BCUT2D eigenvalue weighted by Gasteiger charge is 2.27. The zero-order valence-electron chi connectivity index (χ0n) is 10.0. The maximum Gasteiger partial charge on any atom is 0.212 e. The smallest absolute Gasteiger partial charge is 0.212 e. The Labute approximate surface area is 109 Å². The van der Waals surface area contributed by atoms with E-state index >= 15 is 0 Å². The Balaban J connectivity index is 2.02. The molecule has 0 aliphatic carbocycles. The van der Waals surface area contributed by atoms with E-state index in [1.165, 1.54) is 18.6 Å². The van der Waals surface area contributed by atoms with Gasteiger partial charge in [-0.1, -0.05) is 18.5 Å². The number of aromatic nitrogens is 1. The second kappa shape index (κ2) is 4.52. The number of fused-ring (bicyclic) bond motifs is 1. The summed E-state index contributed by atoms with van der Waals surface area (Å²) in [6.45, 7) is 3.13. The van der Waals surface area contributed by atoms with Crippen LogP contribution in [0.2, 0.25) is 5.02 Å². The second-order valence-electron chi connectivity index (χ2n) is 4.84. The Morgan fingerprint density at radius 2 is 2.33 bits per heavy atom. The second-order valence-corrected chi connectivity index (χ2v) is 5.24. The fourth-order valence-corrected chi connectivity index (χ4v) is 2.61. The molecule has 0 bridgehead atoms. The first-order chi connectivity index (χ1) is 8.65. The van der Waals surface area contributed by atoms with Crippen LogP contribution in [-0.2, 0) is 0 Å². The van der Waals surface area contributed by atoms with Gasteiger partial charge in [-0.2, -0.15) is 0 Å². The summed E-state index contributed by atoms with van der Waals surface area (Å²) in [5, 5.41) is 3.47. The van der Waals surface area contributed by atoms with Gasteiger partial charge in [0.2, 0.25) is 5.89 Å². The topological polar surface area (TPSA) is 38.1 Å². The molecule has 2 unspecified atom stereocenters. The van der Waals surface area contributed by atoms with Gasteiger partial charge in [-0.05, 0) is 31.4 Å². The van der Waals surface area contributed by atoms with Crippen molar-refractivity contribution in [1.29, 1.82) is 0 Å². The summed E-state index contributed by atoms with van der Waals surface area (Å²) in [5.74, 6) is 0.613. The monoisotopic (exact) mass is 268 g/mol. The summed E-state index contributed by atoms with van der Waals surface area (Å²) >= 11 is 5.74. The van der Waals surface area contributed by atoms with Gasteiger partial charge in [0.1, 0.15) is 11.3 Å². The highest BCUT2D eigenvalue weighted by Crippen LogP contribution is 2.31. The quantitative estimate of drug-likeness (QED) is 0.857. The van der Waals surface area contributed by atoms with Crippen molar-refractivity contribution in [3.63, 3.8) is 0 Å². The zero-order chi connectivity index (χ0) is 12.7. The van der Waals surface area contributed by atoms with E-state index in [0.717, 1.165) is 13.0 Å². The van der Waals surface area contributed by atoms with Crippen molar-refractivity contribution in [1.82, 2.24) is 10.3 Å². The summed E-state index contributed by atoms with van der Waals surface area (Å²) in [4.78, 5) is 4.41. The average Bonchev–Trinajstić information content (AvgIpc) is 2.73. The number of nitrogens with zero attached hydrogens (tertiary/aromatic N) is 1. The van der Waals surface area contributed by atoms with Crippen LogP contribution in [0.5, 0.6) is 0 Å². The molecule has 5 heteroatoms. The van der Waals surface area contributed by atoms with Crippen LogP contribution in [0.1, 0.15) is 31.7 Å². The molecule has 1 aliphatic heterocycles. The standard InChI is InChI=1S/C13H14ClFN2O/c1-7-3-2-4-16-12(7)13-17-10-5-8(14)9(15)6-11(10)18-13/h5-7,12,16H,2-4H2,1H3. The van der Waals surface area contributed by atoms with Crippen molar-refractivity contribution in [2.24, 2.45) is 5.92 Å². The van der Waals surface area contributed by atoms with E-state index < -0.39 is 5.82 Å². The highest BCUT2D eigenvalue weighted by molar-refractivity contribution is 6.31. The maximum absolute atomic E-state index is 13.3. The molecular weight excluding hydrogens is 255 g/mol. The van der Waals surface area contributed by atoms with Gasteiger partial charge in [0.25, 0.3) is 0 Å². The lowest BCUT2D eigenvalue weighted by Crippen LogP contribution is -2.32. The van der Waals surface area contributed by atoms with Gasteiger partial charge in [0.05, 0.1) is 11.1 Å². The van der Waals surface area contributed by atoms with Crippen molar-refractivity contribution in [3.8, 4) is 0 Å². The van der Waals surface area contributed by atoms with Gasteiger partial charge in [0.15, 0.2) is 5.58 Å². The van der Waals surface area contributed by atoms with Crippen LogP contribution in [0.3, 0.4) is 0 Å². The minimum absolute atomic E-state index is 0.0759. The fraction of sp³-hybridized carbons (Fsp3) is 0.462. The number of nitrogens with one attached hydrogen (secondary N) is 1. The molecule has 3 rings (SSSR count). The minimum Gasteiger partial charge on any atom is -0.439 e. The van der Waals surface area contributed by atoms with Gasteiger partial charge in [-0.3, -0.25) is 0 Å². The molecule has 3 nitrogen and oxygen atoms in total. The van der Waals surface area contributed by atoms with Gasteiger partial charge >= 0.3 is 0 Å². The Morgan fingerprint density at radius 3 is 3.11 bits per heavy atom. The predicted molar refractivity (Wildman–Crippen MR) is 68.1 cm³/mol. The third-order valence-corrected chi connectivity index (χ3v) is 3.77. The molecule has 0 amide bonds. The molecule has 0 saturated carbocycles. The van der Waals surface area contributed by atoms with E-state index in [2.05, 4.69) is 17.2 Å². The number of piperidine rings is 1. The lowest BCUT2D eigenvalue weighted by Gasteiger charge is -2.27. The van der Waals surface area contributed by atoms with E-state index in [1.807, 2.05) is 0 Å². The summed E-state index contributed by atoms with van der Waals surface area (Å²) < 4.78 is 19.0. The van der Waals surface area contributed by atoms with Gasteiger partial charge < -0.3 is 9.73 Å². The number of benzene rings is 1. The Kier molecular flexibility index (Phi) is 2.99. The normalized spacial score (nSPS) is 24.6. The first-order valence-corrected chi connectivity index (χ1v) is 6.52. The van der Waals surface area contributed by atoms with Crippen LogP contribution in [0.15, 0.2) is 16.5 Å². The van der Waals surface area contributed by atoms with Crippen LogP contribution in [0, 0.1) is 11.7 Å². The molecule has 0 spiro atoms. The molecule has 1 saturated heterocycles. The predicted octanol–water partition coefficient (Wildman–Crippen LogP) is 3.68. The molecule has 18 heavy (non-hydrogen) atoms. The van der Waals surface area contributed by atoms with E-state index in [9.17, 15) is 4.39 Å². The molecule has 0 radical (unpaired) electrons. The van der Waals surface area contributed by atoms with Crippen LogP contribution in [0.25, 0.3) is 11.1 Å². The van der Waals surface area contributed by atoms with Crippen molar-refractivity contribution in [2.75, 3.05) is 6.54 Å². The van der Waals surface area contributed by atoms with Crippen molar-refractivity contribution >= 4 is 22.7 Å². The van der Waals surface area contributed by atoms with Crippen LogP contribution in [-0.4, -0.2) is 11.5 Å². The lowest BCUT2D eigenvalue weighted by atomic mass is 9.93. The van der Waals surface area contributed by atoms with E-state index in [0.29, 0.717) is 22.9 Å². The molecule has 2 atom stereocenters. The van der Waals surface area contributed by atoms with Crippen LogP contribution >= 0.6 is 11.6 Å². The molecule has 96 valence electrons. The summed E-state index contributed by atoms with van der Waals surface area (Å²) in [5.41, 5.74) is 1.06. The minimum atomic E-state index is -0.475. The SMILES string of the molecule is CC1CCCNC1c1nc2cc(Cl)c(F)cc2o1. The molecule has 1 aromatic heterocycles. The first-order valence-electron chi connectivity index (χ1n) is 6.14. The van der Waals surface area contributed by atoms with Gasteiger partial charge in [-0.25, -0.2) is 9.37 Å². The van der Waals surface area contributed by atoms with Crippen molar-refractivity contribution in [2.45, 2.75) is 25.8 Å². The summed E-state index contributed by atoms with van der Waals surface area (Å²) in [6, 6.07) is 2.90. The third-order valence-electron chi connectivity index (χ3n) is 3.48. The zero-order valence-corrected chi connectivity index (χ0v) is 10.8. The number of halogens is 2. The first kappa shape index (κ1) is 11.9. The summed E-state index contributed by atoms with van der Waals surface area (Å²) in [7, 11) is 0. The van der Waals surface area contributed by atoms with Crippen LogP contribution < -0.4 is 5.32 Å². The Bertz CT molecular complexity index is 545. The fourth-order valence-electron chi connectivity index (χ4n) is 2.45. The number of hydrogen-bond donors (Lipinski definition) is 1. The molecule has 2 heterocycles. The molecule has 1 N–H and O–H groups in total. The average molecular weight is 269 g/mol. The largest absolute Gasteiger partial charge is 0.439 e. The van der Waals surface area contributed by atoms with E-state index in [4.69, 9.17) is 16.0 Å². The molecule has 1 fully saturated rings. The number of hydrogen-bond acceptors (Lipinski definition) is 3. The molecule has 1 aromatic carbocycles. The van der Waals surface area contributed by atoms with E-state index in [1.54, 1.807) is 0 Å². The maximum atomic E-state index is 13.3. The van der Waals surface area contributed by atoms with E-state index in [-0.39, 0.29) is 11.1 Å². The lowest BCUT2D eigenvalue weighted by molar-refractivity contribution is 0.264. The summed E-state index contributed by atoms with van der Waals surface area (Å²) in [6.07, 6.45) is 2.31. The molecule has 1 aliphatic rings. The van der Waals surface area contributed by atoms with Gasteiger partial charge in [-0.15, -0.1) is 0 Å². The van der Waals surface area contributed by atoms with Crippen molar-refractivity contribution in [3.05, 3.63) is 28.9 Å². The molecular formula is C13H14ClFN2O. The third kappa shape index (κ3) is 1.99. The Morgan fingerprint density at radius 1 is 1.50 bits per heavy atom. The Hall–Kier alpha value is -1.13. The van der Waals surface area contributed by atoms with Gasteiger partial charge in [0, 0.05) is 6.07 Å².